The number of esters is 4. The summed E-state index contributed by atoms with van der Waals surface area (Å²) in [5, 5.41) is 21.5. The summed E-state index contributed by atoms with van der Waals surface area (Å²) in [6.07, 6.45) is -11.2. The van der Waals surface area contributed by atoms with Crippen molar-refractivity contribution in [3.05, 3.63) is 191 Å². The standard InChI is InChI=1S/C79H104N2O16Si3/c1-15-98(16-2,17-3)95-60-49-61-78(51-90-61,94-53(11)82)68-70(93-73(86)58-47-37-28-38-48-58)79(89)50-59(91-74(87)66(96-99(18-4,19-5)20-6)63(54-39-29-24-30-40-54)80-71(84)56-43-33-26-34-44-56)52(10)62(76(79,12)13)65(69(83)77(60,68)14)92-75(88)67(97-100(21-7,22-8)23-9)64(55-41-31-25-32-42-55)81-72(85)57-45-35-27-36-46-57/h24-48,59-61,63-68,70,89H,15-23,49-51H2,1-14H3,(H,80,84)(H,81,85)/t59-,60-,61+,63-,64-,65+,66+,67+,68-,70-,77+,78-,79+/m0/s1. The second-order valence-electron chi connectivity index (χ2n) is 28.4. The Morgan fingerprint density at radius 1 is 0.560 bits per heavy atom. The predicted octanol–water partition coefficient (Wildman–Crippen LogP) is 14.3. The van der Waals surface area contributed by atoms with Crippen LogP contribution in [0.2, 0.25) is 54.4 Å². The molecule has 2 bridgehead atoms. The number of ether oxygens (including phenoxy) is 5. The van der Waals surface area contributed by atoms with Crippen LogP contribution in [0.25, 0.3) is 0 Å². The van der Waals surface area contributed by atoms with E-state index >= 15 is 24.3 Å². The van der Waals surface area contributed by atoms with Crippen molar-refractivity contribution in [2.24, 2.45) is 16.7 Å². The zero-order valence-corrected chi connectivity index (χ0v) is 63.8. The van der Waals surface area contributed by atoms with Gasteiger partial charge in [0.1, 0.15) is 23.9 Å². The van der Waals surface area contributed by atoms with E-state index in [4.69, 9.17) is 37.0 Å². The molecule has 0 unspecified atom stereocenters. The van der Waals surface area contributed by atoms with Crippen molar-refractivity contribution in [3.8, 4) is 0 Å². The zero-order valence-electron chi connectivity index (χ0n) is 60.8. The number of carbonyl (C=O) groups excluding carboxylic acids is 7. The van der Waals surface area contributed by atoms with E-state index in [1.54, 1.807) is 167 Å². The van der Waals surface area contributed by atoms with Gasteiger partial charge in [-0.15, -0.1) is 0 Å². The highest BCUT2D eigenvalue weighted by molar-refractivity contribution is 6.74. The second kappa shape index (κ2) is 32.0. The zero-order chi connectivity index (χ0) is 72.6. The molecule has 9 rings (SSSR count). The van der Waals surface area contributed by atoms with Gasteiger partial charge in [0.2, 0.25) is 0 Å². The van der Waals surface area contributed by atoms with Crippen molar-refractivity contribution < 1.29 is 75.6 Å². The number of benzene rings is 5. The first-order valence-corrected chi connectivity index (χ1v) is 43.6. The van der Waals surface area contributed by atoms with Crippen LogP contribution in [0.15, 0.2) is 163 Å². The van der Waals surface area contributed by atoms with Gasteiger partial charge in [0.05, 0.1) is 41.7 Å². The molecule has 21 heteroatoms. The minimum atomic E-state index is -2.97. The highest BCUT2D eigenvalue weighted by Crippen LogP contribution is 2.65. The minimum Gasteiger partial charge on any atom is -0.456 e. The Labute approximate surface area is 593 Å². The second-order valence-corrected chi connectivity index (χ2v) is 42.5. The van der Waals surface area contributed by atoms with Crippen LogP contribution in [0.5, 0.6) is 0 Å². The topological polar surface area (TPSA) is 238 Å². The number of ketones is 1. The number of Topliss-reactive ketones (excluding diaryl/α,β-unsaturated/α-hetero) is 1. The van der Waals surface area contributed by atoms with E-state index in [-0.39, 0.29) is 29.7 Å². The molecule has 1 heterocycles. The number of fused-ring (bicyclic) bond motifs is 5. The largest absolute Gasteiger partial charge is 0.456 e. The fraction of sp³-hybridized carbons (Fsp3) is 0.506. The maximum atomic E-state index is 18.0. The van der Waals surface area contributed by atoms with Gasteiger partial charge in [0.15, 0.2) is 54.6 Å². The summed E-state index contributed by atoms with van der Waals surface area (Å²) in [5.41, 5.74) is -6.18. The summed E-state index contributed by atoms with van der Waals surface area (Å²) in [4.78, 5) is 110. The van der Waals surface area contributed by atoms with Crippen molar-refractivity contribution in [2.75, 3.05) is 6.61 Å². The Kier molecular flexibility index (Phi) is 24.6. The van der Waals surface area contributed by atoms with Crippen LogP contribution in [0.1, 0.15) is 164 Å². The summed E-state index contributed by atoms with van der Waals surface area (Å²) < 4.78 is 56.9. The van der Waals surface area contributed by atoms with E-state index in [1.807, 2.05) is 53.7 Å². The fourth-order valence-corrected chi connectivity index (χ4v) is 24.8. The van der Waals surface area contributed by atoms with E-state index in [9.17, 15) is 14.4 Å². The van der Waals surface area contributed by atoms with Crippen molar-refractivity contribution in [1.29, 1.82) is 0 Å². The quantitative estimate of drug-likeness (QED) is 0.0168. The van der Waals surface area contributed by atoms with Gasteiger partial charge in [-0.2, -0.15) is 0 Å². The van der Waals surface area contributed by atoms with Crippen LogP contribution in [0.4, 0.5) is 0 Å². The van der Waals surface area contributed by atoms with Crippen molar-refractivity contribution in [1.82, 2.24) is 10.6 Å². The molecule has 2 amide bonds. The highest BCUT2D eigenvalue weighted by Gasteiger charge is 2.79. The number of rotatable bonds is 30. The van der Waals surface area contributed by atoms with Gasteiger partial charge in [0.25, 0.3) is 11.8 Å². The molecule has 0 radical (unpaired) electrons. The summed E-state index contributed by atoms with van der Waals surface area (Å²) in [6, 6.07) is 46.3. The van der Waals surface area contributed by atoms with Gasteiger partial charge < -0.3 is 52.7 Å². The number of hydrogen-bond donors (Lipinski definition) is 3. The fourth-order valence-electron chi connectivity index (χ4n) is 16.4. The van der Waals surface area contributed by atoms with Crippen molar-refractivity contribution >= 4 is 66.4 Å². The van der Waals surface area contributed by atoms with Crippen LogP contribution in [0.3, 0.4) is 0 Å². The maximum Gasteiger partial charge on any atom is 0.338 e. The Morgan fingerprint density at radius 2 is 0.960 bits per heavy atom. The third-order valence-corrected chi connectivity index (χ3v) is 37.2. The molecule has 538 valence electrons. The lowest BCUT2D eigenvalue weighted by atomic mass is 9.44. The first-order chi connectivity index (χ1) is 47.7. The lowest BCUT2D eigenvalue weighted by Gasteiger charge is -2.68. The maximum absolute atomic E-state index is 18.0. The number of amides is 2. The third kappa shape index (κ3) is 14.9. The molecule has 5 aromatic carbocycles. The van der Waals surface area contributed by atoms with Gasteiger partial charge in [-0.1, -0.05) is 191 Å². The van der Waals surface area contributed by atoms with Crippen LogP contribution in [-0.2, 0) is 56.1 Å². The van der Waals surface area contributed by atoms with Gasteiger partial charge in [-0.05, 0) is 127 Å². The molecule has 18 nitrogen and oxygen atoms in total. The Morgan fingerprint density at radius 3 is 1.35 bits per heavy atom. The van der Waals surface area contributed by atoms with E-state index in [2.05, 4.69) is 31.4 Å². The van der Waals surface area contributed by atoms with Crippen LogP contribution >= 0.6 is 0 Å². The molecular weight excluding hydrogens is 1320 g/mol. The SMILES string of the molecule is CC[Si](CC)(CC)O[C@H]1C[C@H]2OC[C@@]2(OC(C)=O)[C@H]2[C@H](OC(=O)c3ccccc3)[C@]3(O)C[C@H](OC(=O)[C@H](O[Si](CC)(CC)CC)[C@@H](NC(=O)c4ccccc4)c4ccccc4)C(C)=C([C@@H](OC(=O)[C@H](O[Si](CC)(CC)CC)[C@@H](NC(=O)c4ccccc4)c4ccccc4)C(=O)[C@]12C)C3(C)C. The molecule has 4 aliphatic rings. The van der Waals surface area contributed by atoms with Crippen molar-refractivity contribution in [3.63, 3.8) is 0 Å². The van der Waals surface area contributed by atoms with Crippen molar-refractivity contribution in [2.45, 2.75) is 230 Å². The molecule has 3 aliphatic carbocycles. The minimum absolute atomic E-state index is 0.00526. The summed E-state index contributed by atoms with van der Waals surface area (Å²) >= 11 is 0. The molecule has 0 aromatic heterocycles. The Bertz CT molecular complexity index is 3680. The number of nitrogens with one attached hydrogen (secondary N) is 2. The Balaban J connectivity index is 1.35. The first-order valence-electron chi connectivity index (χ1n) is 36.0. The molecule has 0 spiro atoms. The van der Waals surface area contributed by atoms with Crippen LogP contribution in [-0.4, -0.2) is 132 Å². The average molecular weight is 1420 g/mol. The number of hydrogen-bond acceptors (Lipinski definition) is 16. The van der Waals surface area contributed by atoms with E-state index in [1.165, 1.54) is 6.92 Å². The molecular formula is C79H104N2O16Si3. The smallest absolute Gasteiger partial charge is 0.338 e. The van der Waals surface area contributed by atoms with Gasteiger partial charge >= 0.3 is 23.9 Å². The lowest BCUT2D eigenvalue weighted by molar-refractivity contribution is -0.344. The molecule has 13 atom stereocenters. The average Bonchev–Trinajstić information content (AvgIpc) is 0.667. The number of carbonyl (C=O) groups is 7. The third-order valence-electron chi connectivity index (χ3n) is 23.3. The van der Waals surface area contributed by atoms with E-state index in [0.29, 0.717) is 76.7 Å². The van der Waals surface area contributed by atoms with Crippen LogP contribution < -0.4 is 10.6 Å². The molecule has 2 saturated carbocycles. The van der Waals surface area contributed by atoms with Gasteiger partial charge in [-0.3, -0.25) is 19.2 Å². The lowest BCUT2D eigenvalue weighted by Crippen LogP contribution is -2.82. The summed E-state index contributed by atoms with van der Waals surface area (Å²) in [7, 11) is -8.71. The highest BCUT2D eigenvalue weighted by atomic mass is 28.4. The molecule has 3 N–H and O–H groups in total. The van der Waals surface area contributed by atoms with Crippen LogP contribution in [0, 0.1) is 16.7 Å². The predicted molar refractivity (Wildman–Crippen MR) is 389 cm³/mol. The molecule has 1 saturated heterocycles. The summed E-state index contributed by atoms with van der Waals surface area (Å²) in [6.45, 7) is 25.9. The van der Waals surface area contributed by atoms with E-state index < -0.39 is 156 Å². The molecule has 3 fully saturated rings. The molecule has 100 heavy (non-hydrogen) atoms. The first kappa shape index (κ1) is 76.9. The number of aliphatic hydroxyl groups is 1. The van der Waals surface area contributed by atoms with Gasteiger partial charge in [0, 0.05) is 36.3 Å². The monoisotopic (exact) mass is 1420 g/mol. The summed E-state index contributed by atoms with van der Waals surface area (Å²) in [5.74, 6) is -6.90. The Hall–Kier alpha value is -7.22. The molecule has 5 aromatic rings. The van der Waals surface area contributed by atoms with E-state index in [0.717, 1.165) is 0 Å². The van der Waals surface area contributed by atoms with Gasteiger partial charge in [-0.25, -0.2) is 14.4 Å². The normalized spacial score (nSPS) is 25.3. The molecule has 1 aliphatic heterocycles.